The summed E-state index contributed by atoms with van der Waals surface area (Å²) in [5.74, 6) is -0.256. The Morgan fingerprint density at radius 2 is 1.81 bits per heavy atom. The van der Waals surface area contributed by atoms with Crippen LogP contribution in [0, 0.1) is 5.82 Å². The maximum Gasteiger partial charge on any atom is 0.220 e. The Morgan fingerprint density at radius 3 is 2.56 bits per heavy atom. The third kappa shape index (κ3) is 6.45. The number of rotatable bonds is 8. The molecule has 0 aliphatic carbocycles. The Bertz CT molecular complexity index is 717. The van der Waals surface area contributed by atoms with Crippen LogP contribution in [0.15, 0.2) is 54.6 Å². The van der Waals surface area contributed by atoms with Crippen molar-refractivity contribution < 1.29 is 13.9 Å². The predicted octanol–water partition coefficient (Wildman–Crippen LogP) is 2.82. The number of benzene rings is 2. The van der Waals surface area contributed by atoms with Gasteiger partial charge < -0.3 is 10.1 Å². The smallest absolute Gasteiger partial charge is 0.220 e. The van der Waals surface area contributed by atoms with Crippen molar-refractivity contribution in [2.24, 2.45) is 0 Å². The average molecular weight is 370 g/mol. The zero-order valence-electron chi connectivity index (χ0n) is 15.6. The van der Waals surface area contributed by atoms with E-state index in [1.807, 2.05) is 24.3 Å². The Labute approximate surface area is 160 Å². The van der Waals surface area contributed by atoms with Gasteiger partial charge in [0, 0.05) is 32.1 Å². The third-order valence-electron chi connectivity index (χ3n) is 4.94. The van der Waals surface area contributed by atoms with Gasteiger partial charge in [-0.25, -0.2) is 4.39 Å². The molecule has 27 heavy (non-hydrogen) atoms. The summed E-state index contributed by atoms with van der Waals surface area (Å²) in [5, 5.41) is 3.07. The minimum Gasteiger partial charge on any atom is -0.379 e. The lowest BCUT2D eigenvalue weighted by Crippen LogP contribution is -2.49. The number of amides is 1. The number of nitrogens with zero attached hydrogens (tertiary/aromatic N) is 1. The predicted molar refractivity (Wildman–Crippen MR) is 104 cm³/mol. The number of carbonyl (C=O) groups excluding carboxylic acids is 1. The summed E-state index contributed by atoms with van der Waals surface area (Å²) in [6.45, 7) is 3.85. The molecule has 0 radical (unpaired) electrons. The molecule has 0 aromatic heterocycles. The fraction of sp³-hybridized carbons (Fsp3) is 0.409. The topological polar surface area (TPSA) is 41.6 Å². The van der Waals surface area contributed by atoms with E-state index in [2.05, 4.69) is 22.3 Å². The average Bonchev–Trinajstić information content (AvgIpc) is 2.71. The zero-order valence-corrected chi connectivity index (χ0v) is 15.6. The molecule has 3 rings (SSSR count). The second-order valence-electron chi connectivity index (χ2n) is 6.93. The summed E-state index contributed by atoms with van der Waals surface area (Å²) in [7, 11) is 0. The maximum absolute atomic E-state index is 13.2. The van der Waals surface area contributed by atoms with Crippen LogP contribution < -0.4 is 5.32 Å². The standard InChI is InChI=1S/C22H27FN2O2/c23-20-8-4-7-19(15-20)9-10-22(26)24-17-21(25-11-13-27-14-12-25)16-18-5-2-1-3-6-18/h1-8,15,21H,9-14,16-17H2,(H,24,26). The van der Waals surface area contributed by atoms with Crippen molar-refractivity contribution in [3.63, 3.8) is 0 Å². The molecule has 1 amide bonds. The minimum atomic E-state index is -0.261. The molecule has 5 heteroatoms. The number of hydrogen-bond acceptors (Lipinski definition) is 3. The molecule has 4 nitrogen and oxygen atoms in total. The number of carbonyl (C=O) groups is 1. The van der Waals surface area contributed by atoms with Crippen LogP contribution in [0.5, 0.6) is 0 Å². The summed E-state index contributed by atoms with van der Waals surface area (Å²) in [5.41, 5.74) is 2.11. The lowest BCUT2D eigenvalue weighted by atomic mass is 10.0. The normalized spacial score (nSPS) is 16.0. The van der Waals surface area contributed by atoms with E-state index in [9.17, 15) is 9.18 Å². The van der Waals surface area contributed by atoms with Crippen LogP contribution in [0.25, 0.3) is 0 Å². The van der Waals surface area contributed by atoms with E-state index in [1.165, 1.54) is 17.7 Å². The van der Waals surface area contributed by atoms with Gasteiger partial charge in [0.25, 0.3) is 0 Å². The van der Waals surface area contributed by atoms with E-state index in [0.29, 0.717) is 19.4 Å². The van der Waals surface area contributed by atoms with Gasteiger partial charge in [0.1, 0.15) is 5.82 Å². The zero-order chi connectivity index (χ0) is 18.9. The molecule has 1 saturated heterocycles. The van der Waals surface area contributed by atoms with Crippen molar-refractivity contribution >= 4 is 5.91 Å². The van der Waals surface area contributed by atoms with Gasteiger partial charge in [-0.2, -0.15) is 0 Å². The number of aryl methyl sites for hydroxylation is 1. The summed E-state index contributed by atoms with van der Waals surface area (Å²) in [6.07, 6.45) is 1.81. The molecule has 1 aliphatic rings. The van der Waals surface area contributed by atoms with Gasteiger partial charge in [-0.1, -0.05) is 42.5 Å². The molecule has 2 aromatic rings. The first-order valence-electron chi connectivity index (χ1n) is 9.57. The minimum absolute atomic E-state index is 0.00517. The van der Waals surface area contributed by atoms with Crippen LogP contribution in [-0.2, 0) is 22.4 Å². The quantitative estimate of drug-likeness (QED) is 0.777. The highest BCUT2D eigenvalue weighted by Crippen LogP contribution is 2.11. The van der Waals surface area contributed by atoms with Gasteiger partial charge in [0.15, 0.2) is 0 Å². The van der Waals surface area contributed by atoms with Crippen molar-refractivity contribution in [1.82, 2.24) is 10.2 Å². The van der Waals surface area contributed by atoms with Crippen LogP contribution in [0.3, 0.4) is 0 Å². The van der Waals surface area contributed by atoms with Crippen molar-refractivity contribution in [3.8, 4) is 0 Å². The van der Waals surface area contributed by atoms with E-state index >= 15 is 0 Å². The Hall–Kier alpha value is -2.24. The van der Waals surface area contributed by atoms with Crippen molar-refractivity contribution in [2.75, 3.05) is 32.8 Å². The molecule has 1 heterocycles. The molecule has 0 saturated carbocycles. The first kappa shape index (κ1) is 19.5. The Morgan fingerprint density at radius 1 is 1.07 bits per heavy atom. The number of morpholine rings is 1. The van der Waals surface area contributed by atoms with Crippen LogP contribution >= 0.6 is 0 Å². The molecule has 0 bridgehead atoms. The van der Waals surface area contributed by atoms with E-state index in [1.54, 1.807) is 6.07 Å². The van der Waals surface area contributed by atoms with E-state index in [0.717, 1.165) is 38.3 Å². The van der Waals surface area contributed by atoms with Crippen molar-refractivity contribution in [3.05, 3.63) is 71.5 Å². The van der Waals surface area contributed by atoms with E-state index in [-0.39, 0.29) is 17.8 Å². The first-order valence-corrected chi connectivity index (χ1v) is 9.57. The third-order valence-corrected chi connectivity index (χ3v) is 4.94. The second-order valence-corrected chi connectivity index (χ2v) is 6.93. The van der Waals surface area contributed by atoms with Crippen LogP contribution in [-0.4, -0.2) is 49.7 Å². The fourth-order valence-corrected chi connectivity index (χ4v) is 3.43. The SMILES string of the molecule is O=C(CCc1cccc(F)c1)NCC(Cc1ccccc1)N1CCOCC1. The number of hydrogen-bond donors (Lipinski definition) is 1. The van der Waals surface area contributed by atoms with Crippen LogP contribution in [0.4, 0.5) is 4.39 Å². The lowest BCUT2D eigenvalue weighted by molar-refractivity contribution is -0.121. The summed E-state index contributed by atoms with van der Waals surface area (Å²) < 4.78 is 18.7. The highest BCUT2D eigenvalue weighted by atomic mass is 19.1. The van der Waals surface area contributed by atoms with Gasteiger partial charge in [0.2, 0.25) is 5.91 Å². The molecule has 2 aromatic carbocycles. The number of ether oxygens (including phenoxy) is 1. The Kier molecular flexibility index (Phi) is 7.36. The van der Waals surface area contributed by atoms with E-state index in [4.69, 9.17) is 4.74 Å². The van der Waals surface area contributed by atoms with Gasteiger partial charge in [-0.3, -0.25) is 9.69 Å². The van der Waals surface area contributed by atoms with Crippen molar-refractivity contribution in [1.29, 1.82) is 0 Å². The maximum atomic E-state index is 13.2. The highest BCUT2D eigenvalue weighted by Gasteiger charge is 2.21. The molecule has 144 valence electrons. The van der Waals surface area contributed by atoms with Crippen LogP contribution in [0.2, 0.25) is 0 Å². The molecule has 1 unspecified atom stereocenters. The largest absolute Gasteiger partial charge is 0.379 e. The summed E-state index contributed by atoms with van der Waals surface area (Å²) >= 11 is 0. The number of nitrogens with one attached hydrogen (secondary N) is 1. The molecule has 1 aliphatic heterocycles. The molecular formula is C22H27FN2O2. The molecule has 0 spiro atoms. The lowest BCUT2D eigenvalue weighted by Gasteiger charge is -2.34. The molecule has 1 N–H and O–H groups in total. The van der Waals surface area contributed by atoms with Gasteiger partial charge in [0.05, 0.1) is 13.2 Å². The Balaban J connectivity index is 1.52. The summed E-state index contributed by atoms with van der Waals surface area (Å²) in [6, 6.07) is 17.0. The molecular weight excluding hydrogens is 343 g/mol. The van der Waals surface area contributed by atoms with Crippen LogP contribution in [0.1, 0.15) is 17.5 Å². The van der Waals surface area contributed by atoms with Gasteiger partial charge >= 0.3 is 0 Å². The highest BCUT2D eigenvalue weighted by molar-refractivity contribution is 5.76. The molecule has 1 fully saturated rings. The number of halogens is 1. The van der Waals surface area contributed by atoms with Gasteiger partial charge in [-0.05, 0) is 36.1 Å². The first-order chi connectivity index (χ1) is 13.2. The summed E-state index contributed by atoms with van der Waals surface area (Å²) in [4.78, 5) is 14.7. The van der Waals surface area contributed by atoms with Crippen molar-refractivity contribution in [2.45, 2.75) is 25.3 Å². The molecule has 1 atom stereocenters. The second kappa shape index (κ2) is 10.2. The fourth-order valence-electron chi connectivity index (χ4n) is 3.43. The van der Waals surface area contributed by atoms with E-state index < -0.39 is 0 Å². The monoisotopic (exact) mass is 370 g/mol. The van der Waals surface area contributed by atoms with Gasteiger partial charge in [-0.15, -0.1) is 0 Å².